The third kappa shape index (κ3) is 4.47. The molecule has 6 nitrogen and oxygen atoms in total. The van der Waals surface area contributed by atoms with Gasteiger partial charge in [0.05, 0.1) is 6.04 Å². The topological polar surface area (TPSA) is 71.8 Å². The summed E-state index contributed by atoms with van der Waals surface area (Å²) in [7, 11) is 0. The summed E-state index contributed by atoms with van der Waals surface area (Å²) in [6.07, 6.45) is 0. The normalized spacial score (nSPS) is 17.2. The van der Waals surface area contributed by atoms with E-state index < -0.39 is 11.3 Å². The van der Waals surface area contributed by atoms with Crippen LogP contribution in [0.25, 0.3) is 11.4 Å². The number of hydrogen-bond acceptors (Lipinski definition) is 5. The van der Waals surface area contributed by atoms with Crippen LogP contribution in [-0.4, -0.2) is 26.0 Å². The van der Waals surface area contributed by atoms with Crippen molar-refractivity contribution in [2.24, 2.45) is 0 Å². The Bertz CT molecular complexity index is 1260. The summed E-state index contributed by atoms with van der Waals surface area (Å²) >= 11 is 1.35. The molecule has 0 spiro atoms. The van der Waals surface area contributed by atoms with Crippen molar-refractivity contribution >= 4 is 17.7 Å². The Kier molecular flexibility index (Phi) is 5.83. The summed E-state index contributed by atoms with van der Waals surface area (Å²) in [4.78, 5) is 13.3. The van der Waals surface area contributed by atoms with Crippen LogP contribution in [0, 0.1) is 12.7 Å². The van der Waals surface area contributed by atoms with E-state index in [-0.39, 0.29) is 11.7 Å². The third-order valence-electron chi connectivity index (χ3n) is 5.54. The van der Waals surface area contributed by atoms with E-state index in [1.807, 2.05) is 61.5 Å². The molecule has 5 rings (SSSR count). The lowest BCUT2D eigenvalue weighted by Crippen LogP contribution is -2.43. The van der Waals surface area contributed by atoms with Gasteiger partial charge in [-0.3, -0.25) is 4.79 Å². The van der Waals surface area contributed by atoms with Crippen molar-refractivity contribution in [1.29, 1.82) is 0 Å². The number of hydrogen-bond donors (Lipinski definition) is 2. The molecule has 0 aliphatic carbocycles. The molecule has 0 radical (unpaired) electrons. The monoisotopic (exact) mass is 459 g/mol. The van der Waals surface area contributed by atoms with Crippen LogP contribution in [0.5, 0.6) is 0 Å². The van der Waals surface area contributed by atoms with E-state index in [1.54, 1.807) is 16.8 Å². The first kappa shape index (κ1) is 21.2. The highest BCUT2D eigenvalue weighted by Crippen LogP contribution is 2.38. The second-order valence-electron chi connectivity index (χ2n) is 7.91. The SMILES string of the molecule is Cc1ccc(CNC(=O)[C@@H]2Sc3nnc(-c4ccccc4)n3N[C@H]2c2ccc(F)cc2)cc1. The lowest BCUT2D eigenvalue weighted by Gasteiger charge is -2.33. The van der Waals surface area contributed by atoms with Gasteiger partial charge in [0, 0.05) is 12.1 Å². The Morgan fingerprint density at radius 1 is 1.03 bits per heavy atom. The van der Waals surface area contributed by atoms with Crippen molar-refractivity contribution in [3.63, 3.8) is 0 Å². The van der Waals surface area contributed by atoms with Crippen LogP contribution < -0.4 is 10.7 Å². The van der Waals surface area contributed by atoms with Gasteiger partial charge in [-0.15, -0.1) is 10.2 Å². The molecule has 166 valence electrons. The van der Waals surface area contributed by atoms with Crippen molar-refractivity contribution in [3.05, 3.63) is 101 Å². The van der Waals surface area contributed by atoms with E-state index in [4.69, 9.17) is 0 Å². The zero-order valence-corrected chi connectivity index (χ0v) is 18.7. The Labute approximate surface area is 195 Å². The van der Waals surface area contributed by atoms with E-state index >= 15 is 0 Å². The second kappa shape index (κ2) is 9.07. The van der Waals surface area contributed by atoms with Crippen LogP contribution >= 0.6 is 11.8 Å². The number of carbonyl (C=O) groups is 1. The van der Waals surface area contributed by atoms with Gasteiger partial charge in [-0.25, -0.2) is 9.07 Å². The molecule has 33 heavy (non-hydrogen) atoms. The number of nitrogens with one attached hydrogen (secondary N) is 2. The van der Waals surface area contributed by atoms with Gasteiger partial charge in [0.25, 0.3) is 0 Å². The fourth-order valence-corrected chi connectivity index (χ4v) is 4.85. The molecule has 4 aromatic rings. The number of benzene rings is 3. The van der Waals surface area contributed by atoms with Gasteiger partial charge in [-0.1, -0.05) is 84.1 Å². The van der Waals surface area contributed by atoms with E-state index in [1.165, 1.54) is 29.5 Å². The Morgan fingerprint density at radius 2 is 1.76 bits per heavy atom. The number of halogens is 1. The van der Waals surface area contributed by atoms with E-state index in [0.717, 1.165) is 16.7 Å². The van der Waals surface area contributed by atoms with Crippen molar-refractivity contribution < 1.29 is 9.18 Å². The molecule has 1 aliphatic heterocycles. The fourth-order valence-electron chi connectivity index (χ4n) is 3.75. The maximum Gasteiger partial charge on any atom is 0.236 e. The zero-order valence-electron chi connectivity index (χ0n) is 17.9. The van der Waals surface area contributed by atoms with Gasteiger partial charge >= 0.3 is 0 Å². The first-order valence-electron chi connectivity index (χ1n) is 10.6. The Morgan fingerprint density at radius 3 is 2.48 bits per heavy atom. The summed E-state index contributed by atoms with van der Waals surface area (Å²) in [6, 6.07) is 23.6. The van der Waals surface area contributed by atoms with Gasteiger partial charge in [-0.2, -0.15) is 0 Å². The van der Waals surface area contributed by atoms with Crippen molar-refractivity contribution in [3.8, 4) is 11.4 Å². The summed E-state index contributed by atoms with van der Waals surface area (Å²) in [5.74, 6) is 0.208. The minimum absolute atomic E-state index is 0.127. The van der Waals surface area contributed by atoms with Gasteiger partial charge < -0.3 is 10.7 Å². The molecule has 0 bridgehead atoms. The third-order valence-corrected chi connectivity index (χ3v) is 6.76. The maximum atomic E-state index is 13.6. The highest BCUT2D eigenvalue weighted by molar-refractivity contribution is 8.00. The van der Waals surface area contributed by atoms with E-state index in [0.29, 0.717) is 17.5 Å². The molecule has 8 heteroatoms. The summed E-state index contributed by atoms with van der Waals surface area (Å²) in [5, 5.41) is 11.8. The predicted octanol–water partition coefficient (Wildman–Crippen LogP) is 4.47. The predicted molar refractivity (Wildman–Crippen MR) is 127 cm³/mol. The van der Waals surface area contributed by atoms with Crippen molar-refractivity contribution in [1.82, 2.24) is 20.2 Å². The van der Waals surface area contributed by atoms with Crippen LogP contribution in [0.3, 0.4) is 0 Å². The first-order chi connectivity index (χ1) is 16.1. The number of thioether (sulfide) groups is 1. The maximum absolute atomic E-state index is 13.6. The number of aromatic nitrogens is 3. The van der Waals surface area contributed by atoms with Crippen LogP contribution in [0.1, 0.15) is 22.7 Å². The molecular weight excluding hydrogens is 437 g/mol. The van der Waals surface area contributed by atoms with Gasteiger partial charge in [0.1, 0.15) is 11.1 Å². The molecule has 0 saturated carbocycles. The molecule has 0 saturated heterocycles. The van der Waals surface area contributed by atoms with Crippen LogP contribution in [0.4, 0.5) is 4.39 Å². The largest absolute Gasteiger partial charge is 0.351 e. The molecule has 0 unspecified atom stereocenters. The number of nitrogens with zero attached hydrogens (tertiary/aromatic N) is 3. The molecule has 1 aliphatic rings. The quantitative estimate of drug-likeness (QED) is 0.461. The first-order valence-corrected chi connectivity index (χ1v) is 11.5. The average molecular weight is 460 g/mol. The molecule has 2 heterocycles. The highest BCUT2D eigenvalue weighted by Gasteiger charge is 2.37. The number of fused-ring (bicyclic) bond motifs is 1. The molecule has 2 atom stereocenters. The molecule has 1 amide bonds. The Hall–Kier alpha value is -3.65. The Balaban J connectivity index is 1.44. The fraction of sp³-hybridized carbons (Fsp3) is 0.160. The van der Waals surface area contributed by atoms with Gasteiger partial charge in [-0.05, 0) is 30.2 Å². The number of aryl methyl sites for hydroxylation is 1. The number of amides is 1. The summed E-state index contributed by atoms with van der Waals surface area (Å²) in [6.45, 7) is 2.45. The van der Waals surface area contributed by atoms with Crippen LogP contribution in [0.2, 0.25) is 0 Å². The lowest BCUT2D eigenvalue weighted by atomic mass is 10.0. The molecule has 3 aromatic carbocycles. The van der Waals surface area contributed by atoms with Gasteiger partial charge in [0.2, 0.25) is 11.1 Å². The second-order valence-corrected chi connectivity index (χ2v) is 9.02. The number of rotatable bonds is 5. The summed E-state index contributed by atoms with van der Waals surface area (Å²) in [5.41, 5.74) is 7.31. The molecule has 1 aromatic heterocycles. The lowest BCUT2D eigenvalue weighted by molar-refractivity contribution is -0.121. The minimum atomic E-state index is -0.513. The smallest absolute Gasteiger partial charge is 0.236 e. The van der Waals surface area contributed by atoms with Gasteiger partial charge in [0.15, 0.2) is 5.82 Å². The van der Waals surface area contributed by atoms with Crippen molar-refractivity contribution in [2.75, 3.05) is 5.43 Å². The molecule has 2 N–H and O–H groups in total. The molecule has 0 fully saturated rings. The summed E-state index contributed by atoms with van der Waals surface area (Å²) < 4.78 is 15.4. The average Bonchev–Trinajstić information content (AvgIpc) is 3.27. The standard InChI is InChI=1S/C25H22FN5OS/c1-16-7-9-17(10-8-16)15-27-24(32)22-21(18-11-13-20(26)14-12-18)30-31-23(28-29-25(31)33-22)19-5-3-2-4-6-19/h2-14,21-22,30H,15H2,1H3,(H,27,32)/t21-,22+/m0/s1. The minimum Gasteiger partial charge on any atom is -0.351 e. The van der Waals surface area contributed by atoms with Crippen LogP contribution in [0.15, 0.2) is 84.0 Å². The van der Waals surface area contributed by atoms with E-state index in [9.17, 15) is 9.18 Å². The zero-order chi connectivity index (χ0) is 22.8. The van der Waals surface area contributed by atoms with Crippen molar-refractivity contribution in [2.45, 2.75) is 29.9 Å². The molecular formula is C25H22FN5OS. The van der Waals surface area contributed by atoms with E-state index in [2.05, 4.69) is 20.9 Å². The van der Waals surface area contributed by atoms with Crippen LogP contribution in [-0.2, 0) is 11.3 Å². The highest BCUT2D eigenvalue weighted by atomic mass is 32.2. The number of carbonyl (C=O) groups excluding carboxylic acids is 1.